The van der Waals surface area contributed by atoms with Crippen molar-refractivity contribution in [1.29, 1.82) is 0 Å². The fraction of sp³-hybridized carbons (Fsp3) is 0.488. The quantitative estimate of drug-likeness (QED) is 0.158. The zero-order valence-electron chi connectivity index (χ0n) is 28.6. The summed E-state index contributed by atoms with van der Waals surface area (Å²) >= 11 is 0. The lowest BCUT2D eigenvalue weighted by Crippen LogP contribution is -2.36. The van der Waals surface area contributed by atoms with Crippen LogP contribution in [0, 0.1) is 17.7 Å². The summed E-state index contributed by atoms with van der Waals surface area (Å²) in [6.07, 6.45) is 11.3. The maximum absolute atomic E-state index is 13.7. The number of oxazole rings is 1. The van der Waals surface area contributed by atoms with E-state index in [0.29, 0.717) is 17.9 Å². The average Bonchev–Trinajstić information content (AvgIpc) is 3.47. The van der Waals surface area contributed by atoms with Crippen LogP contribution in [0.1, 0.15) is 98.6 Å². The Labute approximate surface area is 281 Å². The normalized spacial score (nSPS) is 21.0. The number of halogens is 1. The molecule has 4 aromatic rings. The summed E-state index contributed by atoms with van der Waals surface area (Å²) in [5, 5.41) is 3.73. The van der Waals surface area contributed by atoms with Crippen LogP contribution in [0.4, 0.5) is 10.3 Å². The highest BCUT2D eigenvalue weighted by molar-refractivity contribution is 5.42. The van der Waals surface area contributed by atoms with Gasteiger partial charge < -0.3 is 14.6 Å². The number of aromatic nitrogens is 1. The molecule has 0 amide bonds. The SMILES string of the molecule is CC(Cc1ccccc1)Nc1oc(C(CC2CCC(C(c3ccc(F)cc3)N(C)C)CC2)N2CCCCC2)nc1Cc1ccccc1. The van der Waals surface area contributed by atoms with E-state index in [1.54, 1.807) is 12.1 Å². The van der Waals surface area contributed by atoms with E-state index in [-0.39, 0.29) is 17.9 Å². The van der Waals surface area contributed by atoms with E-state index in [1.807, 2.05) is 12.1 Å². The highest BCUT2D eigenvalue weighted by atomic mass is 19.1. The van der Waals surface area contributed by atoms with Crippen LogP contribution in [0.15, 0.2) is 89.3 Å². The van der Waals surface area contributed by atoms with E-state index in [4.69, 9.17) is 9.40 Å². The van der Waals surface area contributed by atoms with Crippen LogP contribution >= 0.6 is 0 Å². The Morgan fingerprint density at radius 3 is 2.13 bits per heavy atom. The van der Waals surface area contributed by atoms with Crippen molar-refractivity contribution in [2.24, 2.45) is 11.8 Å². The largest absolute Gasteiger partial charge is 0.423 e. The first-order valence-electron chi connectivity index (χ1n) is 17.9. The zero-order chi connectivity index (χ0) is 32.6. The number of hydrogen-bond donors (Lipinski definition) is 1. The zero-order valence-corrected chi connectivity index (χ0v) is 28.6. The van der Waals surface area contributed by atoms with Gasteiger partial charge in [0.2, 0.25) is 11.8 Å². The lowest BCUT2D eigenvalue weighted by Gasteiger charge is -2.40. The van der Waals surface area contributed by atoms with E-state index in [2.05, 4.69) is 96.8 Å². The summed E-state index contributed by atoms with van der Waals surface area (Å²) in [6.45, 7) is 4.45. The van der Waals surface area contributed by atoms with Crippen molar-refractivity contribution >= 4 is 5.88 Å². The molecule has 250 valence electrons. The van der Waals surface area contributed by atoms with Gasteiger partial charge in [-0.3, -0.25) is 4.90 Å². The van der Waals surface area contributed by atoms with Crippen LogP contribution in [0.3, 0.4) is 0 Å². The molecule has 5 nitrogen and oxygen atoms in total. The number of piperidine rings is 1. The van der Waals surface area contributed by atoms with E-state index in [1.165, 1.54) is 61.6 Å². The summed E-state index contributed by atoms with van der Waals surface area (Å²) in [5.74, 6) is 2.74. The molecule has 6 rings (SSSR count). The molecule has 2 aliphatic rings. The molecule has 47 heavy (non-hydrogen) atoms. The topological polar surface area (TPSA) is 44.5 Å². The first-order chi connectivity index (χ1) is 22.9. The van der Waals surface area contributed by atoms with Gasteiger partial charge in [0.15, 0.2) is 0 Å². The lowest BCUT2D eigenvalue weighted by atomic mass is 9.74. The second-order valence-electron chi connectivity index (χ2n) is 14.3. The van der Waals surface area contributed by atoms with Gasteiger partial charge in [0.05, 0.1) is 6.04 Å². The van der Waals surface area contributed by atoms with Crippen LogP contribution in [0.5, 0.6) is 0 Å². The first kappa shape index (κ1) is 33.4. The van der Waals surface area contributed by atoms with E-state index < -0.39 is 0 Å². The van der Waals surface area contributed by atoms with Gasteiger partial charge in [0.25, 0.3) is 0 Å². The Balaban J connectivity index is 1.20. The molecule has 1 aromatic heterocycles. The van der Waals surface area contributed by atoms with Gasteiger partial charge in [0, 0.05) is 18.5 Å². The van der Waals surface area contributed by atoms with E-state index >= 15 is 0 Å². The maximum atomic E-state index is 13.7. The molecule has 1 saturated heterocycles. The molecule has 3 atom stereocenters. The summed E-state index contributed by atoms with van der Waals surface area (Å²) in [4.78, 5) is 10.3. The predicted octanol–water partition coefficient (Wildman–Crippen LogP) is 9.47. The summed E-state index contributed by atoms with van der Waals surface area (Å²) < 4.78 is 20.5. The highest BCUT2D eigenvalue weighted by Gasteiger charge is 2.35. The molecule has 0 spiro atoms. The van der Waals surface area contributed by atoms with Gasteiger partial charge in [-0.1, -0.05) is 92.1 Å². The van der Waals surface area contributed by atoms with Crippen molar-refractivity contribution in [3.8, 4) is 0 Å². The van der Waals surface area contributed by atoms with Gasteiger partial charge in [-0.05, 0) is 113 Å². The minimum absolute atomic E-state index is 0.166. The Morgan fingerprint density at radius 2 is 1.49 bits per heavy atom. The van der Waals surface area contributed by atoms with Crippen molar-refractivity contribution in [2.75, 3.05) is 32.5 Å². The van der Waals surface area contributed by atoms with Gasteiger partial charge in [-0.25, -0.2) is 9.37 Å². The molecule has 3 aromatic carbocycles. The van der Waals surface area contributed by atoms with Crippen LogP contribution in [-0.4, -0.2) is 48.0 Å². The van der Waals surface area contributed by atoms with Crippen LogP contribution in [0.25, 0.3) is 0 Å². The van der Waals surface area contributed by atoms with Gasteiger partial charge in [-0.15, -0.1) is 0 Å². The number of benzene rings is 3. The molecular weight excluding hydrogens is 583 g/mol. The standard InChI is InChI=1S/C41H53FN4O/c1-30(27-31-13-7-4-8-14-31)43-40-37(28-32-15-9-5-10-16-32)44-41(47-40)38(46-25-11-6-12-26-46)29-33-17-19-34(20-18-33)39(45(2)3)35-21-23-36(42)24-22-35/h4-5,7-10,13-16,21-24,30,33-34,38-39,43H,6,11-12,17-20,25-29H2,1-3H3. The molecular formula is C41H53FN4O. The molecule has 2 heterocycles. The summed E-state index contributed by atoms with van der Waals surface area (Å²) in [7, 11) is 4.32. The molecule has 0 radical (unpaired) electrons. The average molecular weight is 637 g/mol. The Morgan fingerprint density at radius 1 is 0.851 bits per heavy atom. The molecule has 0 bridgehead atoms. The fourth-order valence-electron chi connectivity index (χ4n) is 8.12. The third-order valence-corrected chi connectivity index (χ3v) is 10.5. The van der Waals surface area contributed by atoms with Gasteiger partial charge in [-0.2, -0.15) is 0 Å². The van der Waals surface area contributed by atoms with Crippen molar-refractivity contribution in [3.05, 3.63) is 119 Å². The van der Waals surface area contributed by atoms with Gasteiger partial charge >= 0.3 is 0 Å². The maximum Gasteiger partial charge on any atom is 0.217 e. The van der Waals surface area contributed by atoms with Crippen molar-refractivity contribution in [1.82, 2.24) is 14.8 Å². The number of likely N-dealkylation sites (tertiary alicyclic amines) is 1. The number of nitrogens with one attached hydrogen (secondary N) is 1. The minimum Gasteiger partial charge on any atom is -0.423 e. The third kappa shape index (κ3) is 8.91. The van der Waals surface area contributed by atoms with E-state index in [0.717, 1.165) is 49.8 Å². The van der Waals surface area contributed by atoms with Crippen LogP contribution in [-0.2, 0) is 12.8 Å². The van der Waals surface area contributed by atoms with Crippen molar-refractivity contribution < 1.29 is 8.81 Å². The van der Waals surface area contributed by atoms with Crippen LogP contribution in [0.2, 0.25) is 0 Å². The van der Waals surface area contributed by atoms with Crippen LogP contribution < -0.4 is 5.32 Å². The molecule has 3 unspecified atom stereocenters. The van der Waals surface area contributed by atoms with E-state index in [9.17, 15) is 4.39 Å². The molecule has 1 aliphatic heterocycles. The first-order valence-corrected chi connectivity index (χ1v) is 17.9. The van der Waals surface area contributed by atoms with Crippen molar-refractivity contribution in [2.45, 2.75) is 89.3 Å². The fourth-order valence-corrected chi connectivity index (χ4v) is 8.12. The monoisotopic (exact) mass is 636 g/mol. The predicted molar refractivity (Wildman–Crippen MR) is 190 cm³/mol. The van der Waals surface area contributed by atoms with Crippen molar-refractivity contribution in [3.63, 3.8) is 0 Å². The number of nitrogens with zero attached hydrogens (tertiary/aromatic N) is 3. The lowest BCUT2D eigenvalue weighted by molar-refractivity contribution is 0.0945. The molecule has 1 N–H and O–H groups in total. The summed E-state index contributed by atoms with van der Waals surface area (Å²) in [5.41, 5.74) is 4.79. The Bertz CT molecular complexity index is 1490. The number of rotatable bonds is 13. The number of hydrogen-bond acceptors (Lipinski definition) is 5. The smallest absolute Gasteiger partial charge is 0.217 e. The minimum atomic E-state index is -0.166. The number of anilines is 1. The second kappa shape index (κ2) is 16.1. The Hall–Kier alpha value is -3.48. The summed E-state index contributed by atoms with van der Waals surface area (Å²) in [6, 6.07) is 29.2. The molecule has 6 heteroatoms. The third-order valence-electron chi connectivity index (χ3n) is 10.5. The second-order valence-corrected chi connectivity index (χ2v) is 14.3. The molecule has 2 fully saturated rings. The Kier molecular flexibility index (Phi) is 11.4. The molecule has 1 saturated carbocycles. The van der Waals surface area contributed by atoms with Gasteiger partial charge in [0.1, 0.15) is 11.5 Å². The molecule has 1 aliphatic carbocycles. The highest BCUT2D eigenvalue weighted by Crippen LogP contribution is 2.43.